The van der Waals surface area contributed by atoms with Crippen molar-refractivity contribution in [2.75, 3.05) is 11.9 Å². The molecule has 1 aliphatic rings. The predicted octanol–water partition coefficient (Wildman–Crippen LogP) is 2.42. The van der Waals surface area contributed by atoms with E-state index in [1.807, 2.05) is 25.1 Å². The Bertz CT molecular complexity index is 709. The van der Waals surface area contributed by atoms with E-state index in [1.165, 1.54) is 0 Å². The van der Waals surface area contributed by atoms with Crippen molar-refractivity contribution in [2.24, 2.45) is 0 Å². The van der Waals surface area contributed by atoms with Gasteiger partial charge in [-0.25, -0.2) is 0 Å². The van der Waals surface area contributed by atoms with Crippen molar-refractivity contribution >= 4 is 17.5 Å². The molecule has 120 valence electrons. The number of aryl methyl sites for hydroxylation is 1. The van der Waals surface area contributed by atoms with Gasteiger partial charge in [0.1, 0.15) is 11.5 Å². The number of carbonyl (C=O) groups excluding carboxylic acids is 2. The van der Waals surface area contributed by atoms with Gasteiger partial charge >= 0.3 is 0 Å². The second-order valence-electron chi connectivity index (χ2n) is 5.46. The molecular formula is C17H18N2O4. The largest absolute Gasteiger partial charge is 0.482 e. The van der Waals surface area contributed by atoms with Gasteiger partial charge in [0.2, 0.25) is 5.91 Å². The Morgan fingerprint density at radius 2 is 2.26 bits per heavy atom. The van der Waals surface area contributed by atoms with Gasteiger partial charge < -0.3 is 19.8 Å². The summed E-state index contributed by atoms with van der Waals surface area (Å²) in [6, 6.07) is 9.00. The molecule has 3 rings (SSSR count). The summed E-state index contributed by atoms with van der Waals surface area (Å²) in [4.78, 5) is 23.4. The van der Waals surface area contributed by atoms with Crippen LogP contribution in [0.4, 0.5) is 5.69 Å². The molecule has 0 fully saturated rings. The molecule has 1 unspecified atom stereocenters. The number of nitrogens with one attached hydrogen (secondary N) is 2. The van der Waals surface area contributed by atoms with Crippen molar-refractivity contribution in [1.29, 1.82) is 0 Å². The summed E-state index contributed by atoms with van der Waals surface area (Å²) in [7, 11) is 0. The summed E-state index contributed by atoms with van der Waals surface area (Å²) in [6.45, 7) is 1.93. The van der Waals surface area contributed by atoms with Crippen LogP contribution in [-0.4, -0.2) is 18.4 Å². The summed E-state index contributed by atoms with van der Waals surface area (Å²) < 4.78 is 10.5. The first-order valence-electron chi connectivity index (χ1n) is 7.50. The van der Waals surface area contributed by atoms with Crippen LogP contribution < -0.4 is 15.4 Å². The van der Waals surface area contributed by atoms with Gasteiger partial charge in [0.05, 0.1) is 18.0 Å². The lowest BCUT2D eigenvalue weighted by Crippen LogP contribution is -2.28. The highest BCUT2D eigenvalue weighted by Gasteiger charge is 2.18. The lowest BCUT2D eigenvalue weighted by Gasteiger charge is -2.21. The second kappa shape index (κ2) is 6.56. The maximum Gasteiger partial charge on any atom is 0.262 e. The lowest BCUT2D eigenvalue weighted by atomic mass is 10.1. The normalized spacial score (nSPS) is 14.4. The molecule has 0 saturated carbocycles. The van der Waals surface area contributed by atoms with Gasteiger partial charge in [0.15, 0.2) is 6.61 Å². The molecule has 0 aliphatic carbocycles. The van der Waals surface area contributed by atoms with Crippen molar-refractivity contribution < 1.29 is 18.7 Å². The molecule has 6 heteroatoms. The molecule has 2 aromatic rings. The Kier molecular flexibility index (Phi) is 4.32. The molecular weight excluding hydrogens is 296 g/mol. The zero-order valence-corrected chi connectivity index (χ0v) is 12.8. The molecule has 1 atom stereocenters. The minimum Gasteiger partial charge on any atom is -0.482 e. The second-order valence-corrected chi connectivity index (χ2v) is 5.46. The van der Waals surface area contributed by atoms with E-state index >= 15 is 0 Å². The zero-order chi connectivity index (χ0) is 16.2. The van der Waals surface area contributed by atoms with E-state index in [2.05, 4.69) is 10.6 Å². The molecule has 1 aliphatic heterocycles. The summed E-state index contributed by atoms with van der Waals surface area (Å²) in [5, 5.41) is 5.71. The number of fused-ring (bicyclic) bond motifs is 1. The van der Waals surface area contributed by atoms with Crippen LogP contribution in [0.25, 0.3) is 0 Å². The highest BCUT2D eigenvalue weighted by molar-refractivity contribution is 5.95. The summed E-state index contributed by atoms with van der Waals surface area (Å²) in [6.07, 6.45) is 2.53. The fraction of sp³-hybridized carbons (Fsp3) is 0.294. The van der Waals surface area contributed by atoms with E-state index in [-0.39, 0.29) is 24.5 Å². The Hall–Kier alpha value is -2.76. The fourth-order valence-corrected chi connectivity index (χ4v) is 2.46. The number of hydrogen-bond donors (Lipinski definition) is 2. The molecule has 6 nitrogen and oxygen atoms in total. The van der Waals surface area contributed by atoms with Crippen molar-refractivity contribution in [1.82, 2.24) is 5.32 Å². The van der Waals surface area contributed by atoms with E-state index in [4.69, 9.17) is 9.15 Å². The number of benzene rings is 1. The maximum absolute atomic E-state index is 12.0. The average molecular weight is 314 g/mol. The maximum atomic E-state index is 12.0. The Morgan fingerprint density at radius 1 is 1.39 bits per heavy atom. The molecule has 0 spiro atoms. The number of ether oxygens (including phenoxy) is 1. The molecule has 1 aromatic carbocycles. The third kappa shape index (κ3) is 3.71. The van der Waals surface area contributed by atoms with Crippen molar-refractivity contribution in [3.05, 3.63) is 47.9 Å². The van der Waals surface area contributed by atoms with Gasteiger partial charge in [-0.3, -0.25) is 9.59 Å². The smallest absolute Gasteiger partial charge is 0.262 e. The minimum atomic E-state index is -0.176. The van der Waals surface area contributed by atoms with Gasteiger partial charge in [-0.1, -0.05) is 6.07 Å². The van der Waals surface area contributed by atoms with Crippen LogP contribution in [-0.2, 0) is 16.0 Å². The molecule has 0 saturated heterocycles. The third-order valence-electron chi connectivity index (χ3n) is 3.69. The molecule has 2 N–H and O–H groups in total. The summed E-state index contributed by atoms with van der Waals surface area (Å²) >= 11 is 0. The van der Waals surface area contributed by atoms with Gasteiger partial charge in [0, 0.05) is 12.8 Å². The van der Waals surface area contributed by atoms with E-state index < -0.39 is 0 Å². The lowest BCUT2D eigenvalue weighted by molar-refractivity contribution is -0.122. The first-order chi connectivity index (χ1) is 11.1. The minimum absolute atomic E-state index is 0.0332. The Labute approximate surface area is 133 Å². The number of furan rings is 1. The van der Waals surface area contributed by atoms with Crippen LogP contribution in [0.15, 0.2) is 41.0 Å². The van der Waals surface area contributed by atoms with Crippen LogP contribution in [0, 0.1) is 0 Å². The van der Waals surface area contributed by atoms with Gasteiger partial charge in [-0.05, 0) is 36.8 Å². The molecule has 0 bridgehead atoms. The van der Waals surface area contributed by atoms with Crippen LogP contribution >= 0.6 is 0 Å². The van der Waals surface area contributed by atoms with Gasteiger partial charge in [-0.2, -0.15) is 0 Å². The monoisotopic (exact) mass is 314 g/mol. The quantitative estimate of drug-likeness (QED) is 0.888. The standard InChI is InChI=1S/C17H18N2O4/c1-11(18-16(20)7-5-13-3-2-8-22-13)12-4-6-15-14(9-12)19-17(21)10-23-15/h2-4,6,8-9,11H,5,7,10H2,1H3,(H,18,20)(H,19,21). The molecule has 23 heavy (non-hydrogen) atoms. The molecule has 2 heterocycles. The number of carbonyl (C=O) groups is 2. The zero-order valence-electron chi connectivity index (χ0n) is 12.8. The predicted molar refractivity (Wildman–Crippen MR) is 84.2 cm³/mol. The van der Waals surface area contributed by atoms with Gasteiger partial charge in [-0.15, -0.1) is 0 Å². The van der Waals surface area contributed by atoms with E-state index in [9.17, 15) is 9.59 Å². The van der Waals surface area contributed by atoms with E-state index in [0.29, 0.717) is 24.3 Å². The highest BCUT2D eigenvalue weighted by atomic mass is 16.5. The summed E-state index contributed by atoms with van der Waals surface area (Å²) in [5.74, 6) is 1.21. The van der Waals surface area contributed by atoms with E-state index in [1.54, 1.807) is 18.4 Å². The number of amides is 2. The fourth-order valence-electron chi connectivity index (χ4n) is 2.46. The van der Waals surface area contributed by atoms with Crippen molar-refractivity contribution in [3.63, 3.8) is 0 Å². The van der Waals surface area contributed by atoms with Crippen molar-refractivity contribution in [2.45, 2.75) is 25.8 Å². The molecule has 0 radical (unpaired) electrons. The van der Waals surface area contributed by atoms with Crippen LogP contribution in [0.3, 0.4) is 0 Å². The Morgan fingerprint density at radius 3 is 3.04 bits per heavy atom. The average Bonchev–Trinajstić information content (AvgIpc) is 3.05. The first kappa shape index (κ1) is 15.1. The third-order valence-corrected chi connectivity index (χ3v) is 3.69. The van der Waals surface area contributed by atoms with Crippen molar-refractivity contribution in [3.8, 4) is 5.75 Å². The first-order valence-corrected chi connectivity index (χ1v) is 7.50. The highest BCUT2D eigenvalue weighted by Crippen LogP contribution is 2.30. The van der Waals surface area contributed by atoms with Crippen LogP contribution in [0.2, 0.25) is 0 Å². The Balaban J connectivity index is 1.59. The van der Waals surface area contributed by atoms with E-state index in [0.717, 1.165) is 11.3 Å². The molecule has 1 aromatic heterocycles. The van der Waals surface area contributed by atoms with Gasteiger partial charge in [0.25, 0.3) is 5.91 Å². The SMILES string of the molecule is CC(NC(=O)CCc1ccco1)c1ccc2c(c1)NC(=O)CO2. The molecule has 2 amide bonds. The van der Waals surface area contributed by atoms with Crippen LogP contribution in [0.1, 0.15) is 30.7 Å². The van der Waals surface area contributed by atoms with Crippen LogP contribution in [0.5, 0.6) is 5.75 Å². The summed E-state index contributed by atoms with van der Waals surface area (Å²) in [5.41, 5.74) is 1.54. The number of rotatable bonds is 5. The topological polar surface area (TPSA) is 80.6 Å². The number of hydrogen-bond acceptors (Lipinski definition) is 4. The number of anilines is 1.